The van der Waals surface area contributed by atoms with E-state index in [-0.39, 0.29) is 60.9 Å². The van der Waals surface area contributed by atoms with Crippen LogP contribution in [0.3, 0.4) is 0 Å². The molecule has 1 saturated heterocycles. The van der Waals surface area contributed by atoms with Crippen LogP contribution in [0.1, 0.15) is 19.3 Å². The zero-order valence-electron chi connectivity index (χ0n) is 5.52. The van der Waals surface area contributed by atoms with Gasteiger partial charge >= 0.3 is 51.4 Å². The van der Waals surface area contributed by atoms with E-state index >= 15 is 0 Å². The molecule has 1 aliphatic rings. The minimum atomic E-state index is 0. The zero-order valence-corrected chi connectivity index (χ0v) is 6.94. The van der Waals surface area contributed by atoms with Gasteiger partial charge in [-0.1, -0.05) is 6.55 Å². The van der Waals surface area contributed by atoms with Crippen LogP contribution < -0.4 is 0 Å². The molecule has 0 saturated carbocycles. The molecule has 9 heavy (non-hydrogen) atoms. The second-order valence-corrected chi connectivity index (χ2v) is 4.12. The Morgan fingerprint density at radius 3 is 2.56 bits per heavy atom. The van der Waals surface area contributed by atoms with Crippen LogP contribution in [-0.4, -0.2) is 73.2 Å². The van der Waals surface area contributed by atoms with Gasteiger partial charge in [-0.2, -0.15) is 0 Å². The monoisotopic (exact) mass is 170 g/mol. The first-order chi connectivity index (χ1) is 3.93. The van der Waals surface area contributed by atoms with Crippen LogP contribution >= 0.6 is 0 Å². The molecule has 1 nitrogen and oxygen atoms in total. The van der Waals surface area contributed by atoms with Crippen molar-refractivity contribution < 1.29 is 4.74 Å². The van der Waals surface area contributed by atoms with Crippen molar-refractivity contribution in [1.29, 1.82) is 0 Å². The maximum atomic E-state index is 5.49. The molecule has 0 aliphatic carbocycles. The predicted molar refractivity (Wildman–Crippen MR) is 45.1 cm³/mol. The van der Waals surface area contributed by atoms with Gasteiger partial charge in [-0.25, -0.2) is 0 Å². The fraction of sp³-hybridized carbons (Fsp3) is 1.00. The summed E-state index contributed by atoms with van der Waals surface area (Å²) in [4.78, 5) is 0. The van der Waals surface area contributed by atoms with Crippen molar-refractivity contribution in [3.63, 3.8) is 0 Å². The Kier molecular flexibility index (Phi) is 7.83. The van der Waals surface area contributed by atoms with Crippen molar-refractivity contribution in [2.24, 2.45) is 0 Å². The summed E-state index contributed by atoms with van der Waals surface area (Å²) in [6.07, 6.45) is 4.05. The topological polar surface area (TPSA) is 9.23 Å². The Labute approximate surface area is 102 Å². The van der Waals surface area contributed by atoms with Gasteiger partial charge in [0.05, 0.1) is 9.52 Å². The summed E-state index contributed by atoms with van der Waals surface area (Å²) >= 11 is 0. The van der Waals surface area contributed by atoms with Gasteiger partial charge in [0.15, 0.2) is 0 Å². The second-order valence-electron chi connectivity index (χ2n) is 2.40. The van der Waals surface area contributed by atoms with Crippen LogP contribution in [-0.2, 0) is 4.74 Å². The summed E-state index contributed by atoms with van der Waals surface area (Å²) in [6, 6.07) is 0. The first-order valence-electron chi connectivity index (χ1n) is 3.55. The van der Waals surface area contributed by atoms with Crippen molar-refractivity contribution in [1.82, 2.24) is 0 Å². The van der Waals surface area contributed by atoms with Gasteiger partial charge in [0.25, 0.3) is 0 Å². The van der Waals surface area contributed by atoms with Gasteiger partial charge < -0.3 is 4.74 Å². The molecule has 0 radical (unpaired) electrons. The fourth-order valence-corrected chi connectivity index (χ4v) is 2.23. The first kappa shape index (κ1) is 10.8. The third-order valence-electron chi connectivity index (χ3n) is 1.73. The van der Waals surface area contributed by atoms with Crippen LogP contribution in [0.15, 0.2) is 0 Å². The third kappa shape index (κ3) is 4.29. The summed E-state index contributed by atoms with van der Waals surface area (Å²) in [6.45, 7) is 3.36. The van der Waals surface area contributed by atoms with E-state index in [2.05, 4.69) is 6.55 Å². The van der Waals surface area contributed by atoms with E-state index in [0.29, 0.717) is 0 Å². The Hall–Kier alpha value is 1.81. The van der Waals surface area contributed by atoms with E-state index in [4.69, 9.17) is 4.74 Å². The molecule has 1 rings (SSSR count). The Morgan fingerprint density at radius 2 is 2.22 bits per heavy atom. The van der Waals surface area contributed by atoms with Crippen LogP contribution in [0, 0.1) is 0 Å². The van der Waals surface area contributed by atoms with E-state index in [9.17, 15) is 0 Å². The molecule has 1 aliphatic heterocycles. The molecule has 0 aromatic rings. The van der Waals surface area contributed by atoms with E-state index < -0.39 is 0 Å². The molecule has 0 N–H and O–H groups in total. The molecule has 0 bridgehead atoms. The van der Waals surface area contributed by atoms with Gasteiger partial charge in [0.2, 0.25) is 0 Å². The third-order valence-corrected chi connectivity index (χ3v) is 3.28. The van der Waals surface area contributed by atoms with Gasteiger partial charge in [0, 0.05) is 12.3 Å². The van der Waals surface area contributed by atoms with Crippen LogP contribution in [0.25, 0.3) is 0 Å². The van der Waals surface area contributed by atoms with Crippen molar-refractivity contribution in [2.75, 3.05) is 6.61 Å². The van der Waals surface area contributed by atoms with Crippen molar-refractivity contribution in [3.8, 4) is 0 Å². The molecule has 0 aromatic heterocycles. The van der Waals surface area contributed by atoms with E-state index in [1.165, 1.54) is 19.3 Å². The van der Waals surface area contributed by atoms with Crippen LogP contribution in [0.5, 0.6) is 0 Å². The standard InChI is InChI=1S/C6H14OSi.K.H/c1-8-6-4-2-3-5-7-6;;/h6H,2-5,8H2,1H3;;. The maximum absolute atomic E-state index is 5.49. The summed E-state index contributed by atoms with van der Waals surface area (Å²) in [5, 5.41) is 0. The molecule has 0 amide bonds. The number of ether oxygens (including phenoxy) is 1. The molecule has 1 unspecified atom stereocenters. The SMILES string of the molecule is C[SiH2]C1CCCCO1.[KH]. The number of rotatable bonds is 1. The quantitative estimate of drug-likeness (QED) is 0.507. The van der Waals surface area contributed by atoms with E-state index in [1.807, 2.05) is 0 Å². The predicted octanol–water partition coefficient (Wildman–Crippen LogP) is 0.0814. The van der Waals surface area contributed by atoms with Crippen molar-refractivity contribution >= 4 is 60.9 Å². The molecule has 1 heterocycles. The minimum absolute atomic E-state index is 0. The molecule has 1 fully saturated rings. The summed E-state index contributed by atoms with van der Waals surface area (Å²) < 4.78 is 5.49. The van der Waals surface area contributed by atoms with Gasteiger partial charge in [-0.05, 0) is 19.3 Å². The fourth-order valence-electron chi connectivity index (χ4n) is 1.13. The van der Waals surface area contributed by atoms with Crippen LogP contribution in [0.2, 0.25) is 6.55 Å². The second kappa shape index (κ2) is 6.52. The van der Waals surface area contributed by atoms with Crippen molar-refractivity contribution in [2.45, 2.75) is 31.5 Å². The van der Waals surface area contributed by atoms with Crippen molar-refractivity contribution in [3.05, 3.63) is 0 Å². The van der Waals surface area contributed by atoms with Gasteiger partial charge in [-0.15, -0.1) is 0 Å². The Morgan fingerprint density at radius 1 is 1.44 bits per heavy atom. The number of hydrogen-bond acceptors (Lipinski definition) is 1. The average Bonchev–Trinajstić information content (AvgIpc) is 1.90. The van der Waals surface area contributed by atoms with E-state index in [1.54, 1.807) is 0 Å². The molecule has 50 valence electrons. The van der Waals surface area contributed by atoms with Gasteiger partial charge in [0.1, 0.15) is 0 Å². The molecule has 0 aromatic carbocycles. The normalized spacial score (nSPS) is 28.3. The average molecular weight is 170 g/mol. The zero-order chi connectivity index (χ0) is 5.82. The number of hydrogen-bond donors (Lipinski definition) is 0. The first-order valence-corrected chi connectivity index (χ1v) is 5.78. The van der Waals surface area contributed by atoms with Crippen LogP contribution in [0.4, 0.5) is 0 Å². The molecular weight excluding hydrogens is 155 g/mol. The van der Waals surface area contributed by atoms with E-state index in [0.717, 1.165) is 12.3 Å². The molecule has 0 spiro atoms. The summed E-state index contributed by atoms with van der Waals surface area (Å²) in [5.74, 6) is 0. The Bertz CT molecular complexity index is 64.1. The molecule has 3 heteroatoms. The molecule has 1 atom stereocenters. The molecular formula is C6H15KOSi. The summed E-state index contributed by atoms with van der Waals surface area (Å²) in [5.41, 5.74) is 0.726. The summed E-state index contributed by atoms with van der Waals surface area (Å²) in [7, 11) is 0.146. The Balaban J connectivity index is 0.000000640. The van der Waals surface area contributed by atoms with Gasteiger partial charge in [-0.3, -0.25) is 0 Å².